The molecule has 0 radical (unpaired) electrons. The molecular formula is C9H9BrN2S2. The summed E-state index contributed by atoms with van der Waals surface area (Å²) in [6.07, 6.45) is 0.954. The Kier molecular flexibility index (Phi) is 2.90. The fourth-order valence-corrected chi connectivity index (χ4v) is 3.51. The van der Waals surface area contributed by atoms with Crippen LogP contribution < -0.4 is 5.73 Å². The second kappa shape index (κ2) is 4.00. The lowest BCUT2D eigenvalue weighted by Gasteiger charge is -1.86. The van der Waals surface area contributed by atoms with Gasteiger partial charge < -0.3 is 5.73 Å². The fourth-order valence-electron chi connectivity index (χ4n) is 1.15. The first kappa shape index (κ1) is 10.1. The van der Waals surface area contributed by atoms with Crippen molar-refractivity contribution in [3.8, 4) is 9.88 Å². The molecule has 0 saturated carbocycles. The molecule has 2 aromatic heterocycles. The standard InChI is InChI=1S/C9H9BrN2S2/c1-2-5-8(11)12-9(14-5)6-3-4-7(10)13-6/h3-4H,2,11H2,1H3. The molecule has 0 unspecified atom stereocenters. The molecule has 0 fully saturated rings. The van der Waals surface area contributed by atoms with Gasteiger partial charge in [-0.05, 0) is 34.5 Å². The first-order valence-corrected chi connectivity index (χ1v) is 6.64. The smallest absolute Gasteiger partial charge is 0.138 e. The molecule has 2 nitrogen and oxygen atoms in total. The van der Waals surface area contributed by atoms with Crippen LogP contribution >= 0.6 is 38.6 Å². The predicted octanol–water partition coefficient (Wildman–Crippen LogP) is 3.78. The first-order valence-electron chi connectivity index (χ1n) is 4.21. The van der Waals surface area contributed by atoms with Gasteiger partial charge in [0.1, 0.15) is 10.8 Å². The lowest BCUT2D eigenvalue weighted by atomic mass is 10.4. The van der Waals surface area contributed by atoms with E-state index in [9.17, 15) is 0 Å². The van der Waals surface area contributed by atoms with Gasteiger partial charge in [0.15, 0.2) is 0 Å². The number of hydrogen-bond acceptors (Lipinski definition) is 4. The molecule has 0 saturated heterocycles. The maximum Gasteiger partial charge on any atom is 0.138 e. The van der Waals surface area contributed by atoms with E-state index < -0.39 is 0 Å². The number of rotatable bonds is 2. The fraction of sp³-hybridized carbons (Fsp3) is 0.222. The van der Waals surface area contributed by atoms with Gasteiger partial charge >= 0.3 is 0 Å². The van der Waals surface area contributed by atoms with Crippen molar-refractivity contribution in [1.29, 1.82) is 0 Å². The van der Waals surface area contributed by atoms with Gasteiger partial charge in [-0.1, -0.05) is 6.92 Å². The number of nitrogen functional groups attached to an aromatic ring is 1. The Balaban J connectivity index is 2.42. The maximum atomic E-state index is 5.79. The van der Waals surface area contributed by atoms with Crippen LogP contribution in [0.1, 0.15) is 11.8 Å². The third kappa shape index (κ3) is 1.85. The third-order valence-electron chi connectivity index (χ3n) is 1.83. The van der Waals surface area contributed by atoms with Crippen molar-refractivity contribution in [3.63, 3.8) is 0 Å². The van der Waals surface area contributed by atoms with Crippen molar-refractivity contribution in [2.24, 2.45) is 0 Å². The Labute approximate surface area is 98.9 Å². The zero-order chi connectivity index (χ0) is 10.1. The van der Waals surface area contributed by atoms with Crippen molar-refractivity contribution in [2.45, 2.75) is 13.3 Å². The van der Waals surface area contributed by atoms with Crippen LogP contribution in [0, 0.1) is 0 Å². The lowest BCUT2D eigenvalue weighted by molar-refractivity contribution is 1.17. The normalized spacial score (nSPS) is 10.7. The Morgan fingerprint density at radius 3 is 2.71 bits per heavy atom. The second-order valence-electron chi connectivity index (χ2n) is 2.78. The molecule has 0 aliphatic carbocycles. The van der Waals surface area contributed by atoms with Crippen molar-refractivity contribution in [1.82, 2.24) is 4.98 Å². The summed E-state index contributed by atoms with van der Waals surface area (Å²) in [4.78, 5) is 6.70. The van der Waals surface area contributed by atoms with E-state index in [1.807, 2.05) is 6.07 Å². The Hall–Kier alpha value is -0.390. The monoisotopic (exact) mass is 288 g/mol. The van der Waals surface area contributed by atoms with Gasteiger partial charge in [-0.3, -0.25) is 0 Å². The number of anilines is 1. The summed E-state index contributed by atoms with van der Waals surface area (Å²) in [5.74, 6) is 0.678. The Morgan fingerprint density at radius 2 is 2.21 bits per heavy atom. The Morgan fingerprint density at radius 1 is 1.43 bits per heavy atom. The van der Waals surface area contributed by atoms with E-state index >= 15 is 0 Å². The molecule has 2 heterocycles. The number of nitrogens with zero attached hydrogens (tertiary/aromatic N) is 1. The summed E-state index contributed by atoms with van der Waals surface area (Å²) in [7, 11) is 0. The van der Waals surface area contributed by atoms with Gasteiger partial charge in [0.05, 0.1) is 8.66 Å². The molecule has 0 aromatic carbocycles. The highest BCUT2D eigenvalue weighted by Gasteiger charge is 2.09. The van der Waals surface area contributed by atoms with E-state index in [1.54, 1.807) is 22.7 Å². The molecule has 0 aliphatic heterocycles. The average molecular weight is 289 g/mol. The average Bonchev–Trinajstić information content (AvgIpc) is 2.71. The van der Waals surface area contributed by atoms with Crippen LogP contribution in [-0.4, -0.2) is 4.98 Å². The van der Waals surface area contributed by atoms with Crippen LogP contribution in [-0.2, 0) is 6.42 Å². The van der Waals surface area contributed by atoms with Gasteiger partial charge in [0.25, 0.3) is 0 Å². The van der Waals surface area contributed by atoms with Crippen LogP contribution in [0.3, 0.4) is 0 Å². The molecule has 2 rings (SSSR count). The number of thiophene rings is 1. The molecule has 14 heavy (non-hydrogen) atoms. The summed E-state index contributed by atoms with van der Waals surface area (Å²) in [6, 6.07) is 4.09. The second-order valence-corrected chi connectivity index (χ2v) is 6.33. The minimum absolute atomic E-state index is 0.678. The molecule has 5 heteroatoms. The van der Waals surface area contributed by atoms with Crippen LogP contribution in [0.15, 0.2) is 15.9 Å². The van der Waals surface area contributed by atoms with Gasteiger partial charge in [0.2, 0.25) is 0 Å². The lowest BCUT2D eigenvalue weighted by Crippen LogP contribution is -1.88. The summed E-state index contributed by atoms with van der Waals surface area (Å²) >= 11 is 6.80. The van der Waals surface area contributed by atoms with Crippen LogP contribution in [0.4, 0.5) is 5.82 Å². The van der Waals surface area contributed by atoms with E-state index in [1.165, 1.54) is 9.75 Å². The summed E-state index contributed by atoms with van der Waals surface area (Å²) in [6.45, 7) is 2.10. The maximum absolute atomic E-state index is 5.79. The van der Waals surface area contributed by atoms with Crippen molar-refractivity contribution in [2.75, 3.05) is 5.73 Å². The van der Waals surface area contributed by atoms with E-state index in [0.29, 0.717) is 5.82 Å². The molecule has 0 aliphatic rings. The number of thiazole rings is 1. The molecule has 74 valence electrons. The SMILES string of the molecule is CCc1sc(-c2ccc(Br)s2)nc1N. The number of hydrogen-bond donors (Lipinski definition) is 1. The largest absolute Gasteiger partial charge is 0.383 e. The topological polar surface area (TPSA) is 38.9 Å². The van der Waals surface area contributed by atoms with Gasteiger partial charge in [-0.15, -0.1) is 22.7 Å². The summed E-state index contributed by atoms with van der Waals surface area (Å²) in [5, 5.41) is 1.02. The minimum atomic E-state index is 0.678. The molecule has 0 spiro atoms. The van der Waals surface area contributed by atoms with Crippen LogP contribution in [0.2, 0.25) is 0 Å². The van der Waals surface area contributed by atoms with Gasteiger partial charge in [-0.2, -0.15) is 0 Å². The van der Waals surface area contributed by atoms with E-state index in [4.69, 9.17) is 5.73 Å². The van der Waals surface area contributed by atoms with Crippen molar-refractivity contribution < 1.29 is 0 Å². The highest BCUT2D eigenvalue weighted by atomic mass is 79.9. The predicted molar refractivity (Wildman–Crippen MR) is 66.9 cm³/mol. The molecule has 0 atom stereocenters. The first-order chi connectivity index (χ1) is 6.70. The molecular weight excluding hydrogens is 280 g/mol. The van der Waals surface area contributed by atoms with Gasteiger partial charge in [-0.25, -0.2) is 4.98 Å². The third-order valence-corrected chi connectivity index (χ3v) is 4.84. The quantitative estimate of drug-likeness (QED) is 0.913. The molecule has 0 amide bonds. The summed E-state index contributed by atoms with van der Waals surface area (Å²) < 4.78 is 1.12. The zero-order valence-corrected chi connectivity index (χ0v) is 10.8. The number of aryl methyl sites for hydroxylation is 1. The minimum Gasteiger partial charge on any atom is -0.383 e. The summed E-state index contributed by atoms with van der Waals surface area (Å²) in [5.41, 5.74) is 5.79. The van der Waals surface area contributed by atoms with E-state index in [2.05, 4.69) is 33.9 Å². The number of aromatic nitrogens is 1. The van der Waals surface area contributed by atoms with Gasteiger partial charge in [0, 0.05) is 4.88 Å². The van der Waals surface area contributed by atoms with E-state index in [0.717, 1.165) is 15.2 Å². The number of halogens is 1. The van der Waals surface area contributed by atoms with Crippen LogP contribution in [0.5, 0.6) is 0 Å². The van der Waals surface area contributed by atoms with Crippen molar-refractivity contribution >= 4 is 44.4 Å². The van der Waals surface area contributed by atoms with E-state index in [-0.39, 0.29) is 0 Å². The van der Waals surface area contributed by atoms with Crippen molar-refractivity contribution in [3.05, 3.63) is 20.8 Å². The zero-order valence-electron chi connectivity index (χ0n) is 7.58. The van der Waals surface area contributed by atoms with Crippen LogP contribution in [0.25, 0.3) is 9.88 Å². The molecule has 0 bridgehead atoms. The highest BCUT2D eigenvalue weighted by Crippen LogP contribution is 2.35. The molecule has 2 N–H and O–H groups in total. The Bertz CT molecular complexity index is 447. The number of nitrogens with two attached hydrogens (primary N) is 1. The highest BCUT2D eigenvalue weighted by molar-refractivity contribution is 9.11. The molecule has 2 aromatic rings.